The van der Waals surface area contributed by atoms with E-state index in [9.17, 15) is 28.7 Å². The van der Waals surface area contributed by atoms with Crippen LogP contribution >= 0.6 is 11.3 Å². The van der Waals surface area contributed by atoms with Crippen molar-refractivity contribution < 1.29 is 38.1 Å². The molecule has 3 heterocycles. The molecule has 328 valence electrons. The lowest BCUT2D eigenvalue weighted by atomic mass is 9.85. The predicted octanol–water partition coefficient (Wildman–Crippen LogP) is 6.44. The number of nitrogens with zero attached hydrogens (tertiary/aromatic N) is 3. The minimum atomic E-state index is -1.95. The number of likely N-dealkylation sites (tertiary alicyclic amines) is 2. The molecule has 1 aliphatic carbocycles. The number of aryl methyl sites for hydroxylation is 1. The molecule has 0 radical (unpaired) electrons. The molecule has 4 N–H and O–H groups in total. The Morgan fingerprint density at radius 2 is 1.69 bits per heavy atom. The maximum atomic E-state index is 14.6. The summed E-state index contributed by atoms with van der Waals surface area (Å²) in [5, 5.41) is 19.2. The molecule has 2 aromatic rings. The number of benzene rings is 1. The van der Waals surface area contributed by atoms with Crippen LogP contribution in [0, 0.1) is 12.3 Å². The number of unbranched alkanes of at least 4 members (excludes halogenated alkanes) is 5. The molecule has 0 unspecified atom stereocenters. The molecule has 59 heavy (non-hydrogen) atoms. The summed E-state index contributed by atoms with van der Waals surface area (Å²) in [6, 6.07) is 4.05. The molecule has 2 aliphatic heterocycles. The minimum absolute atomic E-state index is 0.0517. The van der Waals surface area contributed by atoms with Gasteiger partial charge in [-0.15, -0.1) is 11.3 Å². The molecule has 5 rings (SSSR count). The number of ether oxygens (including phenoxy) is 2. The summed E-state index contributed by atoms with van der Waals surface area (Å²) >= 11 is 1.55. The molecule has 3 aliphatic rings. The maximum Gasteiger partial charge on any atom is 0.407 e. The first-order valence-corrected chi connectivity index (χ1v) is 22.3. The molecule has 2 saturated heterocycles. The molecule has 1 aromatic carbocycles. The van der Waals surface area contributed by atoms with Gasteiger partial charge in [-0.1, -0.05) is 58.6 Å². The number of amides is 4. The van der Waals surface area contributed by atoms with Gasteiger partial charge in [0.15, 0.2) is 5.67 Å². The van der Waals surface area contributed by atoms with Crippen LogP contribution in [-0.4, -0.2) is 112 Å². The van der Waals surface area contributed by atoms with Crippen molar-refractivity contribution in [1.82, 2.24) is 30.7 Å². The summed E-state index contributed by atoms with van der Waals surface area (Å²) in [5.74, 6) is -1.10. The number of piperidine rings is 1. The van der Waals surface area contributed by atoms with E-state index in [1.165, 1.54) is 11.3 Å². The third kappa shape index (κ3) is 13.6. The quantitative estimate of drug-likeness (QED) is 0.124. The Balaban J connectivity index is 1.08. The highest BCUT2D eigenvalue weighted by Crippen LogP contribution is 2.40. The van der Waals surface area contributed by atoms with Gasteiger partial charge < -0.3 is 40.3 Å². The number of alkyl halides is 1. The van der Waals surface area contributed by atoms with Crippen molar-refractivity contribution in [3.8, 4) is 16.2 Å². The second-order valence-corrected chi connectivity index (χ2v) is 19.5. The number of carbonyl (C=O) groups is 4. The summed E-state index contributed by atoms with van der Waals surface area (Å²) in [5.41, 5.74) is 1.29. The molecule has 1 saturated carbocycles. The van der Waals surface area contributed by atoms with Crippen LogP contribution in [0.3, 0.4) is 0 Å². The molecule has 3 fully saturated rings. The standard InChI is InChI=1S/C44H67FN6O7S/c1-29-36(59-28-47-29)30-14-15-31(26-46-38(53)34-25-33(52)27-51(34)39(54)37(42(2,3)4)49-40(55)44(45)18-19-44)35(24-30)57-23-13-11-9-8-10-12-20-50-21-16-32(17-22-50)48-41(56)58-43(5,6)7/h14-15,24,28,32-34,37,52H,8-13,16-23,25-27H2,1-7H3,(H,46,53)(H,48,56)(H,49,55)/t33-,34+,37-/m1/s1. The smallest absolute Gasteiger partial charge is 0.407 e. The van der Waals surface area contributed by atoms with Crippen molar-refractivity contribution in [2.24, 2.45) is 5.41 Å². The van der Waals surface area contributed by atoms with E-state index in [1.54, 1.807) is 32.1 Å². The number of thiazole rings is 1. The molecule has 4 amide bonds. The number of rotatable bonds is 18. The van der Waals surface area contributed by atoms with E-state index >= 15 is 0 Å². The van der Waals surface area contributed by atoms with E-state index in [2.05, 4.69) is 25.8 Å². The number of nitrogens with one attached hydrogen (secondary N) is 3. The van der Waals surface area contributed by atoms with Crippen molar-refractivity contribution in [1.29, 1.82) is 0 Å². The Morgan fingerprint density at radius 3 is 2.32 bits per heavy atom. The van der Waals surface area contributed by atoms with Crippen LogP contribution in [0.15, 0.2) is 23.7 Å². The zero-order valence-electron chi connectivity index (χ0n) is 36.2. The highest BCUT2D eigenvalue weighted by molar-refractivity contribution is 7.13. The number of β-amino-alcohol motifs (C(OH)–C–C–N with tert-alkyl or cyclic N) is 1. The summed E-state index contributed by atoms with van der Waals surface area (Å²) < 4.78 is 26.4. The number of halogens is 1. The first kappa shape index (κ1) is 46.2. The van der Waals surface area contributed by atoms with Gasteiger partial charge in [0.1, 0.15) is 23.4 Å². The summed E-state index contributed by atoms with van der Waals surface area (Å²) in [7, 11) is 0. The molecule has 0 bridgehead atoms. The van der Waals surface area contributed by atoms with Gasteiger partial charge in [0, 0.05) is 44.2 Å². The molecule has 13 nitrogen and oxygen atoms in total. The topological polar surface area (TPSA) is 162 Å². The Morgan fingerprint density at radius 1 is 1.02 bits per heavy atom. The average molecular weight is 843 g/mol. The number of carbonyl (C=O) groups excluding carboxylic acids is 4. The van der Waals surface area contributed by atoms with E-state index < -0.39 is 52.6 Å². The molecule has 1 aromatic heterocycles. The second-order valence-electron chi connectivity index (χ2n) is 18.7. The van der Waals surface area contributed by atoms with Crippen molar-refractivity contribution in [2.75, 3.05) is 32.8 Å². The highest BCUT2D eigenvalue weighted by atomic mass is 32.1. The van der Waals surface area contributed by atoms with E-state index in [0.29, 0.717) is 12.4 Å². The van der Waals surface area contributed by atoms with Gasteiger partial charge in [0.05, 0.1) is 28.8 Å². The predicted molar refractivity (Wildman–Crippen MR) is 227 cm³/mol. The van der Waals surface area contributed by atoms with Crippen LogP contribution in [0.5, 0.6) is 5.75 Å². The van der Waals surface area contributed by atoms with Gasteiger partial charge in [0.2, 0.25) is 11.8 Å². The molecule has 15 heteroatoms. The van der Waals surface area contributed by atoms with E-state index in [4.69, 9.17) is 9.47 Å². The average Bonchev–Trinajstić information content (AvgIpc) is 3.57. The monoisotopic (exact) mass is 842 g/mol. The third-order valence-corrected chi connectivity index (χ3v) is 12.3. The van der Waals surface area contributed by atoms with Gasteiger partial charge in [-0.05, 0) is 89.8 Å². The number of hydrogen-bond donors (Lipinski definition) is 4. The number of aliphatic hydroxyl groups is 1. The summed E-state index contributed by atoms with van der Waals surface area (Å²) in [6.45, 7) is 16.6. The van der Waals surface area contributed by atoms with Crippen LogP contribution < -0.4 is 20.7 Å². The van der Waals surface area contributed by atoms with E-state index in [-0.39, 0.29) is 44.5 Å². The van der Waals surface area contributed by atoms with Crippen LogP contribution in [0.1, 0.15) is 123 Å². The number of aliphatic hydroxyl groups excluding tert-OH is 1. The van der Waals surface area contributed by atoms with Crippen molar-refractivity contribution >= 4 is 35.2 Å². The maximum absolute atomic E-state index is 14.6. The Hall–Kier alpha value is -3.82. The number of aromatic nitrogens is 1. The molecule has 3 atom stereocenters. The summed E-state index contributed by atoms with van der Waals surface area (Å²) in [4.78, 5) is 61.6. The van der Waals surface area contributed by atoms with Crippen molar-refractivity contribution in [3.05, 3.63) is 35.0 Å². The minimum Gasteiger partial charge on any atom is -0.493 e. The van der Waals surface area contributed by atoms with Crippen LogP contribution in [0.2, 0.25) is 0 Å². The number of alkyl carbamates (subject to hydrolysis) is 1. The SMILES string of the molecule is Cc1ncsc1-c1ccc(CNC(=O)[C@@H]2C[C@@H](O)CN2C(=O)[C@@H](NC(=O)C2(F)CC2)C(C)(C)C)c(OCCCCCCCCN2CCC(NC(=O)OC(C)(C)C)CC2)c1. The zero-order valence-corrected chi connectivity index (χ0v) is 37.0. The second kappa shape index (κ2) is 20.2. The number of hydrogen-bond acceptors (Lipinski definition) is 10. The normalized spacial score (nSPS) is 20.2. The van der Waals surface area contributed by atoms with Gasteiger partial charge in [-0.3, -0.25) is 14.4 Å². The lowest BCUT2D eigenvalue weighted by Crippen LogP contribution is -2.59. The third-order valence-electron chi connectivity index (χ3n) is 11.3. The van der Waals surface area contributed by atoms with Crippen molar-refractivity contribution in [3.63, 3.8) is 0 Å². The fourth-order valence-corrected chi connectivity index (χ4v) is 8.48. The first-order valence-electron chi connectivity index (χ1n) is 21.5. The molecular formula is C44H67FN6O7S. The van der Waals surface area contributed by atoms with E-state index in [1.807, 2.05) is 51.4 Å². The van der Waals surface area contributed by atoms with E-state index in [0.717, 1.165) is 86.3 Å². The zero-order chi connectivity index (χ0) is 43.0. The van der Waals surface area contributed by atoms with Crippen molar-refractivity contribution in [2.45, 2.75) is 161 Å². The lowest BCUT2D eigenvalue weighted by Gasteiger charge is -2.35. The van der Waals surface area contributed by atoms with Gasteiger partial charge in [0.25, 0.3) is 5.91 Å². The highest BCUT2D eigenvalue weighted by Gasteiger charge is 2.53. The van der Waals surface area contributed by atoms with Gasteiger partial charge >= 0.3 is 6.09 Å². The van der Waals surface area contributed by atoms with Gasteiger partial charge in [-0.25, -0.2) is 14.2 Å². The Labute approximate surface area is 353 Å². The van der Waals surface area contributed by atoms with Crippen LogP contribution in [0.4, 0.5) is 9.18 Å². The first-order chi connectivity index (χ1) is 27.8. The van der Waals surface area contributed by atoms with Crippen LogP contribution in [-0.2, 0) is 25.7 Å². The Bertz CT molecular complexity index is 1750. The fraction of sp³-hybridized carbons (Fsp3) is 0.705. The lowest BCUT2D eigenvalue weighted by molar-refractivity contribution is -0.145. The summed E-state index contributed by atoms with van der Waals surface area (Å²) in [6.07, 6.45) is 7.44. The molecule has 0 spiro atoms. The molecular weight excluding hydrogens is 776 g/mol. The van der Waals surface area contributed by atoms with Crippen LogP contribution in [0.25, 0.3) is 10.4 Å². The fourth-order valence-electron chi connectivity index (χ4n) is 7.67. The van der Waals surface area contributed by atoms with Gasteiger partial charge in [-0.2, -0.15) is 0 Å². The largest absolute Gasteiger partial charge is 0.493 e. The Kier molecular flexibility index (Phi) is 15.8.